The van der Waals surface area contributed by atoms with Crippen molar-refractivity contribution < 1.29 is 4.74 Å². The SMILES string of the molecule is COc1ccc2c(Nc3cccc(Cl)c3C)ccnc2c1. The summed E-state index contributed by atoms with van der Waals surface area (Å²) in [6.45, 7) is 2.00. The second kappa shape index (κ2) is 5.62. The maximum atomic E-state index is 6.17. The molecule has 0 saturated heterocycles. The van der Waals surface area contributed by atoms with Crippen molar-refractivity contribution in [3.8, 4) is 5.75 Å². The van der Waals surface area contributed by atoms with Crippen LogP contribution in [0.2, 0.25) is 5.02 Å². The van der Waals surface area contributed by atoms with Gasteiger partial charge in [-0.3, -0.25) is 4.98 Å². The van der Waals surface area contributed by atoms with E-state index in [1.54, 1.807) is 13.3 Å². The van der Waals surface area contributed by atoms with Crippen LogP contribution in [0.4, 0.5) is 11.4 Å². The van der Waals surface area contributed by atoms with Crippen LogP contribution < -0.4 is 10.1 Å². The van der Waals surface area contributed by atoms with Crippen molar-refractivity contribution in [1.29, 1.82) is 0 Å². The van der Waals surface area contributed by atoms with Gasteiger partial charge in [-0.05, 0) is 42.8 Å². The van der Waals surface area contributed by atoms with Crippen LogP contribution in [0.25, 0.3) is 10.9 Å². The Labute approximate surface area is 128 Å². The number of rotatable bonds is 3. The van der Waals surface area contributed by atoms with Crippen LogP contribution in [0.3, 0.4) is 0 Å². The lowest BCUT2D eigenvalue weighted by Crippen LogP contribution is -1.95. The Bertz CT molecular complexity index is 802. The summed E-state index contributed by atoms with van der Waals surface area (Å²) in [6, 6.07) is 13.6. The van der Waals surface area contributed by atoms with Gasteiger partial charge in [-0.25, -0.2) is 0 Å². The van der Waals surface area contributed by atoms with Gasteiger partial charge in [-0.1, -0.05) is 17.7 Å². The Balaban J connectivity index is 2.06. The van der Waals surface area contributed by atoms with Crippen LogP contribution in [0.5, 0.6) is 5.75 Å². The standard InChI is InChI=1S/C17H15ClN2O/c1-11-14(18)4-3-5-15(11)20-16-8-9-19-17-10-12(21-2)6-7-13(16)17/h3-10H,1-2H3,(H,19,20). The predicted molar refractivity (Wildman–Crippen MR) is 87.8 cm³/mol. The lowest BCUT2D eigenvalue weighted by atomic mass is 10.1. The number of aromatic nitrogens is 1. The molecule has 4 heteroatoms. The second-order valence-electron chi connectivity index (χ2n) is 4.78. The van der Waals surface area contributed by atoms with Crippen molar-refractivity contribution in [2.45, 2.75) is 6.92 Å². The Hall–Kier alpha value is -2.26. The van der Waals surface area contributed by atoms with Crippen LogP contribution in [0.15, 0.2) is 48.7 Å². The Morgan fingerprint density at radius 1 is 1.10 bits per heavy atom. The summed E-state index contributed by atoms with van der Waals surface area (Å²) in [5.74, 6) is 0.797. The fourth-order valence-corrected chi connectivity index (χ4v) is 2.43. The predicted octanol–water partition coefficient (Wildman–Crippen LogP) is 4.95. The molecule has 0 aliphatic heterocycles. The molecule has 1 aromatic heterocycles. The minimum atomic E-state index is 0.750. The molecule has 0 bridgehead atoms. The number of hydrogen-bond acceptors (Lipinski definition) is 3. The number of hydrogen-bond donors (Lipinski definition) is 1. The molecular weight excluding hydrogens is 284 g/mol. The van der Waals surface area contributed by atoms with Crippen molar-refractivity contribution in [3.63, 3.8) is 0 Å². The van der Waals surface area contributed by atoms with E-state index in [0.29, 0.717) is 0 Å². The summed E-state index contributed by atoms with van der Waals surface area (Å²) in [5.41, 5.74) is 3.90. The molecule has 0 spiro atoms. The molecule has 0 atom stereocenters. The smallest absolute Gasteiger partial charge is 0.121 e. The first-order chi connectivity index (χ1) is 10.2. The van der Waals surface area contributed by atoms with Gasteiger partial charge in [0.1, 0.15) is 5.75 Å². The molecule has 1 heterocycles. The number of benzene rings is 2. The topological polar surface area (TPSA) is 34.1 Å². The van der Waals surface area contributed by atoms with E-state index in [1.165, 1.54) is 0 Å². The van der Waals surface area contributed by atoms with E-state index in [2.05, 4.69) is 10.3 Å². The quantitative estimate of drug-likeness (QED) is 0.743. The summed E-state index contributed by atoms with van der Waals surface area (Å²) in [6.07, 6.45) is 1.78. The number of anilines is 2. The van der Waals surface area contributed by atoms with Gasteiger partial charge in [0, 0.05) is 34.0 Å². The van der Waals surface area contributed by atoms with Gasteiger partial charge in [-0.15, -0.1) is 0 Å². The lowest BCUT2D eigenvalue weighted by molar-refractivity contribution is 0.415. The zero-order valence-corrected chi connectivity index (χ0v) is 12.6. The maximum Gasteiger partial charge on any atom is 0.121 e. The third kappa shape index (κ3) is 2.65. The maximum absolute atomic E-state index is 6.17. The van der Waals surface area contributed by atoms with Crippen LogP contribution in [0.1, 0.15) is 5.56 Å². The van der Waals surface area contributed by atoms with E-state index in [-0.39, 0.29) is 0 Å². The molecule has 0 unspecified atom stereocenters. The molecule has 0 aliphatic rings. The van der Waals surface area contributed by atoms with Crippen molar-refractivity contribution in [3.05, 3.63) is 59.2 Å². The van der Waals surface area contributed by atoms with Crippen molar-refractivity contribution in [1.82, 2.24) is 4.98 Å². The Morgan fingerprint density at radius 2 is 1.95 bits per heavy atom. The van der Waals surface area contributed by atoms with Crippen molar-refractivity contribution >= 4 is 33.9 Å². The fraction of sp³-hybridized carbons (Fsp3) is 0.118. The van der Waals surface area contributed by atoms with E-state index in [1.807, 2.05) is 49.4 Å². The highest BCUT2D eigenvalue weighted by Crippen LogP contribution is 2.30. The monoisotopic (exact) mass is 298 g/mol. The number of ether oxygens (including phenoxy) is 1. The first-order valence-corrected chi connectivity index (χ1v) is 7.02. The minimum Gasteiger partial charge on any atom is -0.497 e. The van der Waals surface area contributed by atoms with E-state index in [4.69, 9.17) is 16.3 Å². The van der Waals surface area contributed by atoms with Crippen LogP contribution in [-0.2, 0) is 0 Å². The average molecular weight is 299 g/mol. The minimum absolute atomic E-state index is 0.750. The zero-order chi connectivity index (χ0) is 14.8. The highest BCUT2D eigenvalue weighted by atomic mass is 35.5. The number of pyridine rings is 1. The third-order valence-corrected chi connectivity index (χ3v) is 3.90. The summed E-state index contributed by atoms with van der Waals surface area (Å²) in [7, 11) is 1.65. The first kappa shape index (κ1) is 13.7. The van der Waals surface area contributed by atoms with Crippen LogP contribution in [-0.4, -0.2) is 12.1 Å². The van der Waals surface area contributed by atoms with Crippen molar-refractivity contribution in [2.24, 2.45) is 0 Å². The number of halogens is 1. The Morgan fingerprint density at radius 3 is 2.76 bits per heavy atom. The largest absolute Gasteiger partial charge is 0.497 e. The van der Waals surface area contributed by atoms with E-state index in [9.17, 15) is 0 Å². The summed E-state index contributed by atoms with van der Waals surface area (Å²) < 4.78 is 5.24. The highest BCUT2D eigenvalue weighted by molar-refractivity contribution is 6.31. The van der Waals surface area contributed by atoms with Crippen molar-refractivity contribution in [2.75, 3.05) is 12.4 Å². The Kier molecular flexibility index (Phi) is 3.67. The molecule has 0 amide bonds. The van der Waals surface area contributed by atoms with Gasteiger partial charge in [-0.2, -0.15) is 0 Å². The molecule has 106 valence electrons. The number of nitrogens with zero attached hydrogens (tertiary/aromatic N) is 1. The third-order valence-electron chi connectivity index (χ3n) is 3.49. The van der Waals surface area contributed by atoms with Gasteiger partial charge in [0.2, 0.25) is 0 Å². The normalized spacial score (nSPS) is 10.6. The molecule has 3 aromatic rings. The molecule has 3 rings (SSSR count). The molecule has 0 fully saturated rings. The van der Waals surface area contributed by atoms with Gasteiger partial charge < -0.3 is 10.1 Å². The lowest BCUT2D eigenvalue weighted by Gasteiger charge is -2.13. The molecule has 0 radical (unpaired) electrons. The molecule has 2 aromatic carbocycles. The van der Waals surface area contributed by atoms with Crippen LogP contribution >= 0.6 is 11.6 Å². The fourth-order valence-electron chi connectivity index (χ4n) is 2.25. The van der Waals surface area contributed by atoms with E-state index >= 15 is 0 Å². The first-order valence-electron chi connectivity index (χ1n) is 6.64. The zero-order valence-electron chi connectivity index (χ0n) is 11.9. The van der Waals surface area contributed by atoms with Gasteiger partial charge in [0.05, 0.1) is 12.6 Å². The van der Waals surface area contributed by atoms with Crippen LogP contribution in [0, 0.1) is 6.92 Å². The summed E-state index contributed by atoms with van der Waals surface area (Å²) >= 11 is 6.17. The average Bonchev–Trinajstić information content (AvgIpc) is 2.51. The number of methoxy groups -OCH3 is 1. The van der Waals surface area contributed by atoms with Gasteiger partial charge in [0.15, 0.2) is 0 Å². The number of nitrogens with one attached hydrogen (secondary N) is 1. The summed E-state index contributed by atoms with van der Waals surface area (Å²) in [4.78, 5) is 4.39. The molecule has 3 nitrogen and oxygen atoms in total. The molecule has 1 N–H and O–H groups in total. The summed E-state index contributed by atoms with van der Waals surface area (Å²) in [5, 5.41) is 5.22. The van der Waals surface area contributed by atoms with E-state index in [0.717, 1.165) is 38.6 Å². The number of fused-ring (bicyclic) bond motifs is 1. The molecule has 0 aliphatic carbocycles. The molecule has 0 saturated carbocycles. The second-order valence-corrected chi connectivity index (χ2v) is 5.19. The molecular formula is C17H15ClN2O. The van der Waals surface area contributed by atoms with Gasteiger partial charge in [0.25, 0.3) is 0 Å². The van der Waals surface area contributed by atoms with E-state index < -0.39 is 0 Å². The van der Waals surface area contributed by atoms with Gasteiger partial charge >= 0.3 is 0 Å². The highest BCUT2D eigenvalue weighted by Gasteiger charge is 2.06. The molecule has 21 heavy (non-hydrogen) atoms.